The molecule has 2 heterocycles. The first kappa shape index (κ1) is 38.0. The number of benzene rings is 3. The van der Waals surface area contributed by atoms with Gasteiger partial charge in [0, 0.05) is 55.2 Å². The van der Waals surface area contributed by atoms with Gasteiger partial charge in [0.25, 0.3) is 5.91 Å². The minimum Gasteiger partial charge on any atom is -0.385 e. The minimum atomic E-state index is -1.73. The van der Waals surface area contributed by atoms with Gasteiger partial charge in [0.15, 0.2) is 5.72 Å². The lowest BCUT2D eigenvalue weighted by molar-refractivity contribution is -0.116. The summed E-state index contributed by atoms with van der Waals surface area (Å²) >= 11 is 14.6. The van der Waals surface area contributed by atoms with Crippen molar-refractivity contribution >= 4 is 65.5 Å². The van der Waals surface area contributed by atoms with Crippen molar-refractivity contribution in [3.05, 3.63) is 104 Å². The fraction of sp³-hybridized carbons (Fsp3) is 0.429. The Labute approximate surface area is 302 Å². The van der Waals surface area contributed by atoms with Crippen molar-refractivity contribution in [2.45, 2.75) is 50.0 Å². The van der Waals surface area contributed by atoms with Crippen molar-refractivity contribution in [3.63, 3.8) is 0 Å². The van der Waals surface area contributed by atoms with Gasteiger partial charge < -0.3 is 24.1 Å². The smallest absolute Gasteiger partial charge is 0.257 e. The number of fused-ring (bicyclic) bond motifs is 1. The number of nitrogens with zero attached hydrogens (tertiary/aromatic N) is 1. The molecule has 2 aliphatic rings. The molecule has 0 aromatic heterocycles. The first-order valence-corrected chi connectivity index (χ1v) is 19.6. The Kier molecular flexibility index (Phi) is 14.0. The van der Waals surface area contributed by atoms with E-state index in [2.05, 4.69) is 21.2 Å². The van der Waals surface area contributed by atoms with Gasteiger partial charge in [0.2, 0.25) is 0 Å². The van der Waals surface area contributed by atoms with Crippen LogP contribution < -0.4 is 0 Å². The molecule has 1 amide bonds. The van der Waals surface area contributed by atoms with E-state index in [1.54, 1.807) is 70.6 Å². The summed E-state index contributed by atoms with van der Waals surface area (Å²) in [4.78, 5) is 27.9. The lowest BCUT2D eigenvalue weighted by Gasteiger charge is -2.42. The number of halogens is 4. The van der Waals surface area contributed by atoms with Crippen molar-refractivity contribution in [2.75, 3.05) is 39.8 Å². The molecule has 47 heavy (non-hydrogen) atoms. The normalized spacial score (nSPS) is 19.8. The maximum atomic E-state index is 16.6. The number of carbonyl (C=O) groups excluding carboxylic acids is 2. The van der Waals surface area contributed by atoms with Gasteiger partial charge in [-0.3, -0.25) is 9.69 Å². The largest absolute Gasteiger partial charge is 0.385 e. The van der Waals surface area contributed by atoms with Crippen LogP contribution in [0.3, 0.4) is 0 Å². The first-order valence-electron chi connectivity index (χ1n) is 15.3. The molecule has 2 aliphatic heterocycles. The molecule has 7 nitrogen and oxygen atoms in total. The molecule has 1 saturated heterocycles. The van der Waals surface area contributed by atoms with Crippen LogP contribution in [0.4, 0.5) is 4.39 Å². The molecule has 3 aromatic carbocycles. The van der Waals surface area contributed by atoms with Gasteiger partial charge in [-0.1, -0.05) is 63.3 Å². The van der Waals surface area contributed by atoms with Crippen molar-refractivity contribution in [3.8, 4) is 0 Å². The molecule has 254 valence electrons. The van der Waals surface area contributed by atoms with E-state index in [0.717, 1.165) is 18.6 Å². The van der Waals surface area contributed by atoms with Gasteiger partial charge in [-0.15, -0.1) is 0 Å². The van der Waals surface area contributed by atoms with Gasteiger partial charge in [-0.25, -0.2) is 4.39 Å². The third-order valence-corrected chi connectivity index (χ3v) is 11.1. The summed E-state index contributed by atoms with van der Waals surface area (Å²) in [5.74, 6) is -0.279. The highest BCUT2D eigenvalue weighted by molar-refractivity contribution is 14.2. The molecule has 0 aliphatic carbocycles. The zero-order valence-corrected chi connectivity index (χ0v) is 31.0. The van der Waals surface area contributed by atoms with Crippen molar-refractivity contribution < 1.29 is 33.3 Å². The average Bonchev–Trinajstić information content (AvgIpc) is 3.35. The number of aliphatic hydroxyl groups is 1. The van der Waals surface area contributed by atoms with Crippen LogP contribution in [0.2, 0.25) is 10.0 Å². The number of aldehydes is 1. The average molecular weight is 819 g/mol. The van der Waals surface area contributed by atoms with Crippen molar-refractivity contribution in [2.24, 2.45) is 5.92 Å². The molecule has 1 N–H and O–H groups in total. The second-order valence-electron chi connectivity index (χ2n) is 11.4. The Hall–Kier alpha value is -1.77. The number of ether oxygens (including phenoxy) is 3. The molecule has 0 spiro atoms. The van der Waals surface area contributed by atoms with Gasteiger partial charge in [-0.2, -0.15) is 0 Å². The van der Waals surface area contributed by atoms with Gasteiger partial charge in [0.1, 0.15) is 12.1 Å². The lowest BCUT2D eigenvalue weighted by Crippen LogP contribution is -2.48. The van der Waals surface area contributed by atoms with E-state index in [1.165, 1.54) is 18.1 Å². The molecule has 0 bridgehead atoms. The summed E-state index contributed by atoms with van der Waals surface area (Å²) in [7, 11) is 4.89. The summed E-state index contributed by atoms with van der Waals surface area (Å²) in [5.41, 5.74) is -1.57. The summed E-state index contributed by atoms with van der Waals surface area (Å²) in [6.07, 6.45) is 2.22. The number of hydrogen-bond acceptors (Lipinski definition) is 7. The molecule has 12 heteroatoms. The van der Waals surface area contributed by atoms with Crippen LogP contribution in [-0.2, 0) is 30.3 Å². The third kappa shape index (κ3) is 7.85. The highest BCUT2D eigenvalue weighted by Crippen LogP contribution is 2.52. The van der Waals surface area contributed by atoms with Crippen LogP contribution in [0, 0.1) is 11.7 Å². The molecule has 5 rings (SSSR count). The van der Waals surface area contributed by atoms with Crippen molar-refractivity contribution in [1.29, 1.82) is 0 Å². The molecule has 1 fully saturated rings. The van der Waals surface area contributed by atoms with Gasteiger partial charge in [-0.05, 0) is 93.9 Å². The number of hydrogen-bond donors (Lipinski definition) is 1. The Bertz CT molecular complexity index is 1510. The van der Waals surface area contributed by atoms with Crippen LogP contribution in [0.25, 0.3) is 0 Å². The third-order valence-electron chi connectivity index (χ3n) is 8.93. The molecule has 0 radical (unpaired) electrons. The number of methoxy groups -OCH3 is 2. The molecule has 3 atom stereocenters. The van der Waals surface area contributed by atoms with Gasteiger partial charge >= 0.3 is 0 Å². The van der Waals surface area contributed by atoms with Crippen LogP contribution in [0.15, 0.2) is 60.7 Å². The van der Waals surface area contributed by atoms with Crippen LogP contribution in [0.1, 0.15) is 71.3 Å². The Balaban J connectivity index is 0.000000762. The summed E-state index contributed by atoms with van der Waals surface area (Å²) in [6, 6.07) is 15.5. The Morgan fingerprint density at radius 2 is 1.74 bits per heavy atom. The van der Waals surface area contributed by atoms with Crippen LogP contribution in [-0.4, -0.2) is 62.0 Å². The van der Waals surface area contributed by atoms with E-state index in [9.17, 15) is 14.7 Å². The van der Waals surface area contributed by atoms with E-state index in [1.807, 2.05) is 6.92 Å². The van der Waals surface area contributed by atoms with Gasteiger partial charge in [0.05, 0.1) is 29.4 Å². The SMILES string of the molecule is CCC(O)(c1cc(F)c2c(c1)C(=O)N(C(CC=O)c1ccc(Cl)cc1)C2(OC)c1ccc(Cl)cc1)C1CCOCC1.COCCSI. The fourth-order valence-electron chi connectivity index (χ4n) is 6.59. The predicted molar refractivity (Wildman–Crippen MR) is 193 cm³/mol. The lowest BCUT2D eigenvalue weighted by atomic mass is 9.74. The van der Waals surface area contributed by atoms with E-state index >= 15 is 4.39 Å². The number of carbonyl (C=O) groups is 2. The van der Waals surface area contributed by atoms with E-state index in [-0.39, 0.29) is 23.5 Å². The van der Waals surface area contributed by atoms with Crippen LogP contribution >= 0.6 is 53.3 Å². The van der Waals surface area contributed by atoms with E-state index < -0.39 is 29.1 Å². The second-order valence-corrected chi connectivity index (χ2v) is 14.7. The maximum absolute atomic E-state index is 16.6. The topological polar surface area (TPSA) is 85.3 Å². The highest BCUT2D eigenvalue weighted by Gasteiger charge is 2.57. The Morgan fingerprint density at radius 1 is 1.13 bits per heavy atom. The highest BCUT2D eigenvalue weighted by atomic mass is 127. The van der Waals surface area contributed by atoms with Crippen molar-refractivity contribution in [1.82, 2.24) is 4.90 Å². The zero-order chi connectivity index (χ0) is 34.2. The number of rotatable bonds is 12. The fourth-order valence-corrected chi connectivity index (χ4v) is 7.61. The minimum absolute atomic E-state index is 0.0198. The second kappa shape index (κ2) is 17.2. The molecular formula is C35H39Cl2FINO6S. The maximum Gasteiger partial charge on any atom is 0.257 e. The summed E-state index contributed by atoms with van der Waals surface area (Å²) in [5, 5.41) is 12.9. The van der Waals surface area contributed by atoms with Crippen LogP contribution in [0.5, 0.6) is 0 Å². The molecular weight excluding hydrogens is 779 g/mol. The molecule has 3 unspecified atom stereocenters. The van der Waals surface area contributed by atoms with E-state index in [4.69, 9.17) is 37.4 Å². The first-order chi connectivity index (χ1) is 22.6. The molecule has 3 aromatic rings. The number of amides is 1. The predicted octanol–water partition coefficient (Wildman–Crippen LogP) is 8.51. The summed E-state index contributed by atoms with van der Waals surface area (Å²) < 4.78 is 33.0. The monoisotopic (exact) mass is 817 g/mol. The zero-order valence-electron chi connectivity index (χ0n) is 26.5. The quantitative estimate of drug-likeness (QED) is 0.112. The molecule has 0 saturated carbocycles. The van der Waals surface area contributed by atoms with E-state index in [0.29, 0.717) is 59.2 Å². The Morgan fingerprint density at radius 3 is 2.26 bits per heavy atom. The standard InChI is InChI=1S/C32H32Cl2FNO5.C3H7IOS/c1-3-31(39,21-13-16-41-17-14-21)23-18-26-29(27(35)19-23)32(40-2,22-6-10-25(34)11-7-22)36(30(26)38)28(12-15-37)20-4-8-24(33)9-5-20;1-5-2-3-6-4/h4-11,15,18-19,21,28,39H,3,12-14,16-17H2,1-2H3;2-3H2,1H3. The summed E-state index contributed by atoms with van der Waals surface area (Å²) in [6.45, 7) is 3.73.